The minimum absolute atomic E-state index is 0.660. The van der Waals surface area contributed by atoms with Crippen LogP contribution in [-0.2, 0) is 10.0 Å². The van der Waals surface area contributed by atoms with E-state index in [2.05, 4.69) is 6.07 Å². The fraction of sp³-hybridized carbons (Fsp3) is 0.889. The Bertz CT molecular complexity index is 336. The first-order chi connectivity index (χ1) is 6.42. The molecule has 0 aromatic carbocycles. The summed E-state index contributed by atoms with van der Waals surface area (Å²) in [6.45, 7) is 0. The molecular formula is C9H16N2O2S. The lowest BCUT2D eigenvalue weighted by Gasteiger charge is -2.37. The molecule has 1 fully saturated rings. The first kappa shape index (κ1) is 11.5. The first-order valence-corrected chi connectivity index (χ1v) is 6.62. The Morgan fingerprint density at radius 1 is 1.29 bits per heavy atom. The van der Waals surface area contributed by atoms with Gasteiger partial charge >= 0.3 is 0 Å². The van der Waals surface area contributed by atoms with Gasteiger partial charge in [0.05, 0.1) is 12.3 Å². The van der Waals surface area contributed by atoms with E-state index < -0.39 is 15.6 Å². The summed E-state index contributed by atoms with van der Waals surface area (Å²) in [5.41, 5.74) is -0.786. The predicted molar refractivity (Wildman–Crippen MR) is 54.0 cm³/mol. The van der Waals surface area contributed by atoms with Crippen LogP contribution in [0.3, 0.4) is 0 Å². The second-order valence-corrected chi connectivity index (χ2v) is 5.95. The zero-order valence-corrected chi connectivity index (χ0v) is 9.47. The topological polar surface area (TPSA) is 61.2 Å². The predicted octanol–water partition coefficient (Wildman–Crippen LogP) is 1.10. The molecule has 0 N–H and O–H groups in total. The Labute approximate surface area is 85.6 Å². The van der Waals surface area contributed by atoms with Gasteiger partial charge in [0.1, 0.15) is 5.54 Å². The van der Waals surface area contributed by atoms with Crippen molar-refractivity contribution in [2.24, 2.45) is 0 Å². The lowest BCUT2D eigenvalue weighted by atomic mass is 9.83. The zero-order valence-electron chi connectivity index (χ0n) is 8.65. The highest BCUT2D eigenvalue weighted by Crippen LogP contribution is 2.33. The fourth-order valence-electron chi connectivity index (χ4n) is 1.95. The quantitative estimate of drug-likeness (QED) is 0.694. The average molecular weight is 216 g/mol. The molecule has 4 nitrogen and oxygen atoms in total. The van der Waals surface area contributed by atoms with Crippen LogP contribution in [0.1, 0.15) is 32.1 Å². The van der Waals surface area contributed by atoms with Gasteiger partial charge in [-0.25, -0.2) is 8.42 Å². The van der Waals surface area contributed by atoms with Crippen molar-refractivity contribution in [2.45, 2.75) is 37.6 Å². The molecule has 0 amide bonds. The van der Waals surface area contributed by atoms with E-state index >= 15 is 0 Å². The van der Waals surface area contributed by atoms with Gasteiger partial charge in [-0.05, 0) is 12.8 Å². The van der Waals surface area contributed by atoms with Gasteiger partial charge in [-0.2, -0.15) is 9.57 Å². The minimum Gasteiger partial charge on any atom is -0.212 e. The number of sulfonamides is 1. The van der Waals surface area contributed by atoms with Gasteiger partial charge in [-0.1, -0.05) is 19.3 Å². The molecule has 80 valence electrons. The summed E-state index contributed by atoms with van der Waals surface area (Å²) in [6, 6.07) is 2.17. The van der Waals surface area contributed by atoms with Gasteiger partial charge in [0.2, 0.25) is 10.0 Å². The maximum atomic E-state index is 11.4. The molecule has 0 aromatic rings. The Kier molecular flexibility index (Phi) is 3.17. The van der Waals surface area contributed by atoms with Crippen LogP contribution in [-0.4, -0.2) is 31.6 Å². The van der Waals surface area contributed by atoms with Gasteiger partial charge in [0.15, 0.2) is 0 Å². The van der Waals surface area contributed by atoms with Crippen molar-refractivity contribution in [3.05, 3.63) is 0 Å². The summed E-state index contributed by atoms with van der Waals surface area (Å²) in [5.74, 6) is 0. The van der Waals surface area contributed by atoms with Crippen LogP contribution in [0.2, 0.25) is 0 Å². The van der Waals surface area contributed by atoms with E-state index in [0.29, 0.717) is 12.8 Å². The van der Waals surface area contributed by atoms with Crippen molar-refractivity contribution in [3.8, 4) is 6.07 Å². The second-order valence-electron chi connectivity index (χ2n) is 3.93. The van der Waals surface area contributed by atoms with Gasteiger partial charge in [-0.15, -0.1) is 0 Å². The highest BCUT2D eigenvalue weighted by molar-refractivity contribution is 7.88. The van der Waals surface area contributed by atoms with Crippen LogP contribution in [0.5, 0.6) is 0 Å². The second kappa shape index (κ2) is 3.87. The molecule has 1 saturated carbocycles. The third-order valence-electron chi connectivity index (χ3n) is 2.99. The van der Waals surface area contributed by atoms with Crippen molar-refractivity contribution in [1.82, 2.24) is 4.31 Å². The van der Waals surface area contributed by atoms with Crippen LogP contribution < -0.4 is 0 Å². The highest BCUT2D eigenvalue weighted by Gasteiger charge is 2.40. The molecule has 0 atom stereocenters. The van der Waals surface area contributed by atoms with Crippen molar-refractivity contribution in [3.63, 3.8) is 0 Å². The molecule has 5 heteroatoms. The Hall–Kier alpha value is -0.600. The molecule has 0 heterocycles. The van der Waals surface area contributed by atoms with Crippen molar-refractivity contribution < 1.29 is 8.42 Å². The molecule has 0 unspecified atom stereocenters. The van der Waals surface area contributed by atoms with Crippen LogP contribution in [0.15, 0.2) is 0 Å². The normalized spacial score (nSPS) is 21.9. The molecule has 0 aliphatic heterocycles. The molecular weight excluding hydrogens is 200 g/mol. The van der Waals surface area contributed by atoms with Gasteiger partial charge in [-0.3, -0.25) is 0 Å². The molecule has 14 heavy (non-hydrogen) atoms. The van der Waals surface area contributed by atoms with E-state index in [1.54, 1.807) is 0 Å². The Morgan fingerprint density at radius 3 is 2.14 bits per heavy atom. The molecule has 0 saturated heterocycles. The minimum atomic E-state index is -3.26. The molecule has 1 aliphatic carbocycles. The SMILES string of the molecule is CN(C1(C#N)CCCCC1)S(C)(=O)=O. The monoisotopic (exact) mass is 216 g/mol. The zero-order chi connectivity index (χ0) is 10.8. The summed E-state index contributed by atoms with van der Waals surface area (Å²) in [4.78, 5) is 0. The van der Waals surface area contributed by atoms with Crippen LogP contribution in [0.25, 0.3) is 0 Å². The standard InChI is InChI=1S/C9H16N2O2S/c1-11(14(2,12)13)9(8-10)6-4-3-5-7-9/h3-7H2,1-2H3. The van der Waals surface area contributed by atoms with Crippen LogP contribution in [0.4, 0.5) is 0 Å². The number of hydrogen-bond acceptors (Lipinski definition) is 3. The largest absolute Gasteiger partial charge is 0.212 e. The third kappa shape index (κ3) is 2.07. The maximum Gasteiger partial charge on any atom is 0.212 e. The number of rotatable bonds is 2. The number of nitrogens with zero attached hydrogens (tertiary/aromatic N) is 2. The van der Waals surface area contributed by atoms with Gasteiger partial charge < -0.3 is 0 Å². The van der Waals surface area contributed by atoms with Gasteiger partial charge in [0, 0.05) is 7.05 Å². The van der Waals surface area contributed by atoms with E-state index in [-0.39, 0.29) is 0 Å². The highest BCUT2D eigenvalue weighted by atomic mass is 32.2. The van der Waals surface area contributed by atoms with Crippen molar-refractivity contribution in [1.29, 1.82) is 5.26 Å². The smallest absolute Gasteiger partial charge is 0.212 e. The molecule has 0 aromatic heterocycles. The average Bonchev–Trinajstić information content (AvgIpc) is 2.16. The Morgan fingerprint density at radius 2 is 1.79 bits per heavy atom. The van der Waals surface area contributed by atoms with E-state index in [4.69, 9.17) is 5.26 Å². The van der Waals surface area contributed by atoms with E-state index in [1.807, 2.05) is 0 Å². The summed E-state index contributed by atoms with van der Waals surface area (Å²) in [5, 5.41) is 9.12. The first-order valence-electron chi connectivity index (χ1n) is 4.78. The molecule has 1 rings (SSSR count). The van der Waals surface area contributed by atoms with E-state index in [0.717, 1.165) is 25.5 Å². The summed E-state index contributed by atoms with van der Waals surface area (Å²) in [7, 11) is -1.76. The summed E-state index contributed by atoms with van der Waals surface area (Å²) in [6.07, 6.45) is 5.45. The van der Waals surface area contributed by atoms with Crippen LogP contribution >= 0.6 is 0 Å². The van der Waals surface area contributed by atoms with Crippen molar-refractivity contribution >= 4 is 10.0 Å². The lowest BCUT2D eigenvalue weighted by molar-refractivity contribution is 0.214. The summed E-state index contributed by atoms with van der Waals surface area (Å²) >= 11 is 0. The molecule has 0 spiro atoms. The number of hydrogen-bond donors (Lipinski definition) is 0. The fourth-order valence-corrected chi connectivity index (χ4v) is 2.81. The lowest BCUT2D eigenvalue weighted by Crippen LogP contribution is -2.49. The summed E-state index contributed by atoms with van der Waals surface area (Å²) < 4.78 is 24.0. The van der Waals surface area contributed by atoms with E-state index in [9.17, 15) is 8.42 Å². The molecule has 0 bridgehead atoms. The third-order valence-corrected chi connectivity index (χ3v) is 4.33. The van der Waals surface area contributed by atoms with Crippen LogP contribution in [0, 0.1) is 11.3 Å². The number of nitriles is 1. The van der Waals surface area contributed by atoms with Crippen molar-refractivity contribution in [2.75, 3.05) is 13.3 Å². The maximum absolute atomic E-state index is 11.4. The van der Waals surface area contributed by atoms with E-state index in [1.165, 1.54) is 11.4 Å². The molecule has 1 aliphatic rings. The molecule has 0 radical (unpaired) electrons. The Balaban J connectivity index is 2.96. The van der Waals surface area contributed by atoms with Gasteiger partial charge in [0.25, 0.3) is 0 Å².